The highest BCUT2D eigenvalue weighted by Crippen LogP contribution is 2.37. The van der Waals surface area contributed by atoms with Crippen molar-refractivity contribution in [3.63, 3.8) is 0 Å². The van der Waals surface area contributed by atoms with Crippen molar-refractivity contribution in [2.24, 2.45) is 0 Å². The van der Waals surface area contributed by atoms with Gasteiger partial charge in [0, 0.05) is 22.4 Å². The van der Waals surface area contributed by atoms with Crippen LogP contribution in [0, 0.1) is 0 Å². The van der Waals surface area contributed by atoms with Gasteiger partial charge in [-0.25, -0.2) is 0 Å². The van der Waals surface area contributed by atoms with Gasteiger partial charge in [0.1, 0.15) is 0 Å². The molecule has 3 rings (SSSR count). The highest BCUT2D eigenvalue weighted by atomic mass is 35.5. The number of amides is 1. The fraction of sp³-hybridized carbons (Fsp3) is 0.238. The molecule has 0 radical (unpaired) electrons. The summed E-state index contributed by atoms with van der Waals surface area (Å²) in [6.45, 7) is 5.94. The molecular formula is C21H20Cl2N2O3. The minimum atomic E-state index is -0.274. The van der Waals surface area contributed by atoms with Crippen LogP contribution in [0.2, 0.25) is 10.0 Å². The molecular weight excluding hydrogens is 399 g/mol. The Labute approximate surface area is 173 Å². The average molecular weight is 419 g/mol. The first-order chi connectivity index (χ1) is 13.3. The molecule has 2 N–H and O–H groups in total. The van der Waals surface area contributed by atoms with Crippen molar-refractivity contribution < 1.29 is 14.7 Å². The maximum absolute atomic E-state index is 12.6. The molecule has 0 spiro atoms. The van der Waals surface area contributed by atoms with Crippen LogP contribution < -0.4 is 5.32 Å². The van der Waals surface area contributed by atoms with Gasteiger partial charge in [0.25, 0.3) is 5.91 Å². The van der Waals surface area contributed by atoms with Crippen molar-refractivity contribution in [3.8, 4) is 5.75 Å². The van der Waals surface area contributed by atoms with E-state index in [-0.39, 0.29) is 27.5 Å². The molecule has 1 amide bonds. The normalized spacial score (nSPS) is 14.5. The number of rotatable bonds is 6. The molecule has 0 atom stereocenters. The summed E-state index contributed by atoms with van der Waals surface area (Å²) in [5.74, 6) is -0.476. The molecule has 0 saturated carbocycles. The number of carbonyl (C=O) groups excluding carboxylic acids is 2. The fourth-order valence-corrected chi connectivity index (χ4v) is 3.59. The summed E-state index contributed by atoms with van der Waals surface area (Å²) in [5, 5.41) is 12.7. The topological polar surface area (TPSA) is 69.6 Å². The van der Waals surface area contributed by atoms with Crippen LogP contribution in [-0.4, -0.2) is 41.3 Å². The summed E-state index contributed by atoms with van der Waals surface area (Å²) in [6.07, 6.45) is 1.64. The van der Waals surface area contributed by atoms with E-state index in [0.717, 1.165) is 13.1 Å². The molecule has 2 aromatic carbocycles. The van der Waals surface area contributed by atoms with Crippen molar-refractivity contribution in [3.05, 3.63) is 57.1 Å². The van der Waals surface area contributed by atoms with Gasteiger partial charge in [0.15, 0.2) is 11.5 Å². The predicted octanol–water partition coefficient (Wildman–Crippen LogP) is 4.72. The Hall–Kier alpha value is -2.34. The number of fused-ring (bicyclic) bond motifs is 1. The Kier molecular flexibility index (Phi) is 6.08. The molecule has 5 nitrogen and oxygen atoms in total. The lowest BCUT2D eigenvalue weighted by molar-refractivity contribution is -0.110. The second kappa shape index (κ2) is 8.35. The molecule has 0 aromatic heterocycles. The van der Waals surface area contributed by atoms with E-state index in [1.807, 2.05) is 18.7 Å². The number of benzene rings is 2. The first-order valence-electron chi connectivity index (χ1n) is 8.95. The number of halogens is 2. The highest BCUT2D eigenvalue weighted by Gasteiger charge is 2.25. The van der Waals surface area contributed by atoms with E-state index in [4.69, 9.17) is 23.2 Å². The van der Waals surface area contributed by atoms with Gasteiger partial charge in [-0.15, -0.1) is 0 Å². The molecule has 0 saturated heterocycles. The summed E-state index contributed by atoms with van der Waals surface area (Å²) < 4.78 is 0. The van der Waals surface area contributed by atoms with Gasteiger partial charge in [0.2, 0.25) is 0 Å². The SMILES string of the molecule is CCN(CC)CC(=O)c1ccc2c(c1)/C(=C/c1cc(Cl)c(O)c(Cl)c1)C(=O)N2. The third-order valence-electron chi connectivity index (χ3n) is 4.74. The quantitative estimate of drug-likeness (QED) is 0.525. The highest BCUT2D eigenvalue weighted by molar-refractivity contribution is 6.38. The number of phenols is 1. The molecule has 2 aromatic rings. The molecule has 0 bridgehead atoms. The van der Waals surface area contributed by atoms with Crippen LogP contribution in [0.4, 0.5) is 5.69 Å². The van der Waals surface area contributed by atoms with Gasteiger partial charge in [-0.1, -0.05) is 37.0 Å². The number of hydrogen-bond donors (Lipinski definition) is 2. The minimum Gasteiger partial charge on any atom is -0.505 e. The smallest absolute Gasteiger partial charge is 0.256 e. The second-order valence-corrected chi connectivity index (χ2v) is 7.30. The zero-order valence-corrected chi connectivity index (χ0v) is 17.1. The Morgan fingerprint density at radius 3 is 2.39 bits per heavy atom. The number of anilines is 1. The molecule has 7 heteroatoms. The van der Waals surface area contributed by atoms with Crippen LogP contribution >= 0.6 is 23.2 Å². The maximum Gasteiger partial charge on any atom is 0.256 e. The van der Waals surface area contributed by atoms with Gasteiger partial charge >= 0.3 is 0 Å². The number of aromatic hydroxyl groups is 1. The fourth-order valence-electron chi connectivity index (χ4n) is 3.08. The van der Waals surface area contributed by atoms with E-state index in [1.165, 1.54) is 12.1 Å². The molecule has 0 unspecified atom stereocenters. The average Bonchev–Trinajstić information content (AvgIpc) is 2.98. The number of Topliss-reactive ketones (excluding diaryl/α,β-unsaturated/α-hetero) is 1. The third kappa shape index (κ3) is 4.07. The van der Waals surface area contributed by atoms with Crippen molar-refractivity contribution in [2.45, 2.75) is 13.8 Å². The van der Waals surface area contributed by atoms with Gasteiger partial charge < -0.3 is 10.4 Å². The molecule has 1 heterocycles. The van der Waals surface area contributed by atoms with Crippen LogP contribution in [-0.2, 0) is 4.79 Å². The molecule has 146 valence electrons. The number of hydrogen-bond acceptors (Lipinski definition) is 4. The number of nitrogens with zero attached hydrogens (tertiary/aromatic N) is 1. The summed E-state index contributed by atoms with van der Waals surface area (Å²) in [6, 6.07) is 8.24. The molecule has 0 aliphatic carbocycles. The molecule has 1 aliphatic heterocycles. The maximum atomic E-state index is 12.6. The van der Waals surface area contributed by atoms with Gasteiger partial charge in [-0.3, -0.25) is 14.5 Å². The van der Waals surface area contributed by atoms with E-state index in [9.17, 15) is 14.7 Å². The Morgan fingerprint density at radius 2 is 1.79 bits per heavy atom. The van der Waals surface area contributed by atoms with Gasteiger partial charge in [-0.2, -0.15) is 0 Å². The Bertz CT molecular complexity index is 959. The Balaban J connectivity index is 1.98. The van der Waals surface area contributed by atoms with E-state index in [1.54, 1.807) is 24.3 Å². The number of carbonyl (C=O) groups is 2. The van der Waals surface area contributed by atoms with Gasteiger partial charge in [-0.05, 0) is 55.1 Å². The first kappa shape index (κ1) is 20.4. The Morgan fingerprint density at radius 1 is 1.14 bits per heavy atom. The predicted molar refractivity (Wildman–Crippen MR) is 113 cm³/mol. The third-order valence-corrected chi connectivity index (χ3v) is 5.31. The van der Waals surface area contributed by atoms with E-state index >= 15 is 0 Å². The summed E-state index contributed by atoms with van der Waals surface area (Å²) in [5.41, 5.74) is 2.83. The summed E-state index contributed by atoms with van der Waals surface area (Å²) in [7, 11) is 0. The minimum absolute atomic E-state index is 0.000853. The van der Waals surface area contributed by atoms with E-state index in [0.29, 0.717) is 34.5 Å². The zero-order chi connectivity index (χ0) is 20.4. The van der Waals surface area contributed by atoms with Crippen LogP contribution in [0.1, 0.15) is 35.3 Å². The van der Waals surface area contributed by atoms with Crippen molar-refractivity contribution in [1.29, 1.82) is 0 Å². The lowest BCUT2D eigenvalue weighted by Crippen LogP contribution is -2.29. The van der Waals surface area contributed by atoms with Crippen LogP contribution in [0.15, 0.2) is 30.3 Å². The van der Waals surface area contributed by atoms with Crippen molar-refractivity contribution in [1.82, 2.24) is 4.90 Å². The van der Waals surface area contributed by atoms with E-state index < -0.39 is 0 Å². The monoisotopic (exact) mass is 418 g/mol. The van der Waals surface area contributed by atoms with E-state index in [2.05, 4.69) is 5.32 Å². The van der Waals surface area contributed by atoms with Crippen LogP contribution in [0.5, 0.6) is 5.75 Å². The zero-order valence-electron chi connectivity index (χ0n) is 15.6. The number of phenolic OH excluding ortho intramolecular Hbond substituents is 1. The van der Waals surface area contributed by atoms with Gasteiger partial charge in [0.05, 0.1) is 16.6 Å². The lowest BCUT2D eigenvalue weighted by atomic mass is 10.00. The number of nitrogens with one attached hydrogen (secondary N) is 1. The standard InChI is InChI=1S/C21H20Cl2N2O3/c1-3-25(4-2)11-19(26)13-5-6-18-14(10-13)15(21(28)24-18)7-12-8-16(22)20(27)17(23)9-12/h5-10,27H,3-4,11H2,1-2H3,(H,24,28)/b15-7-. The second-order valence-electron chi connectivity index (χ2n) is 6.49. The number of ketones is 1. The number of likely N-dealkylation sites (N-methyl/N-ethyl adjacent to an activating group) is 1. The first-order valence-corrected chi connectivity index (χ1v) is 9.70. The molecule has 1 aliphatic rings. The molecule has 28 heavy (non-hydrogen) atoms. The van der Waals surface area contributed by atoms with Crippen LogP contribution in [0.25, 0.3) is 11.6 Å². The molecule has 0 fully saturated rings. The lowest BCUT2D eigenvalue weighted by Gasteiger charge is -2.17. The van der Waals surface area contributed by atoms with Crippen LogP contribution in [0.3, 0.4) is 0 Å². The summed E-state index contributed by atoms with van der Waals surface area (Å²) in [4.78, 5) is 27.1. The van der Waals surface area contributed by atoms with Crippen molar-refractivity contribution >= 4 is 52.2 Å². The van der Waals surface area contributed by atoms with Crippen molar-refractivity contribution in [2.75, 3.05) is 25.0 Å². The summed E-state index contributed by atoms with van der Waals surface area (Å²) >= 11 is 11.9. The largest absolute Gasteiger partial charge is 0.505 e.